The molecule has 0 bridgehead atoms. The fraction of sp³-hybridized carbons (Fsp3) is 0.318. The number of thiazole rings is 1. The van der Waals surface area contributed by atoms with Crippen molar-refractivity contribution in [1.82, 2.24) is 4.98 Å². The van der Waals surface area contributed by atoms with Crippen molar-refractivity contribution in [1.29, 1.82) is 0 Å². The quantitative estimate of drug-likeness (QED) is 0.468. The summed E-state index contributed by atoms with van der Waals surface area (Å²) in [6.45, 7) is 3.57. The number of hydrogen-bond donors (Lipinski definition) is 0. The number of sulfone groups is 1. The number of hydrogen-bond acceptors (Lipinski definition) is 5. The molecule has 1 aromatic heterocycles. The van der Waals surface area contributed by atoms with Crippen LogP contribution in [0.2, 0.25) is 0 Å². The second-order valence-corrected chi connectivity index (χ2v) is 11.2. The summed E-state index contributed by atoms with van der Waals surface area (Å²) in [6.07, 6.45) is 2.27. The predicted octanol–water partition coefficient (Wildman–Crippen LogP) is 5.58. The Kier molecular flexibility index (Phi) is 6.08. The number of anilines is 1. The Bertz CT molecular complexity index is 1090. The summed E-state index contributed by atoms with van der Waals surface area (Å²) in [4.78, 5) is 7.42. The maximum atomic E-state index is 13.0. The lowest BCUT2D eigenvalue weighted by atomic mass is 10.1. The van der Waals surface area contributed by atoms with E-state index in [1.165, 1.54) is 5.56 Å². The van der Waals surface area contributed by atoms with Crippen LogP contribution in [0.5, 0.6) is 0 Å². The van der Waals surface area contributed by atoms with Gasteiger partial charge in [-0.05, 0) is 43.0 Å². The molecule has 0 amide bonds. The second-order valence-electron chi connectivity index (χ2n) is 7.25. The summed E-state index contributed by atoms with van der Waals surface area (Å²) in [5.41, 5.74) is 3.42. The highest BCUT2D eigenvalue weighted by Gasteiger charge is 2.32. The van der Waals surface area contributed by atoms with Crippen molar-refractivity contribution in [2.75, 3.05) is 18.0 Å². The van der Waals surface area contributed by atoms with E-state index in [0.717, 1.165) is 27.3 Å². The van der Waals surface area contributed by atoms with E-state index in [4.69, 9.17) is 4.98 Å². The predicted molar refractivity (Wildman–Crippen MR) is 123 cm³/mol. The van der Waals surface area contributed by atoms with Gasteiger partial charge in [-0.15, -0.1) is 11.3 Å². The number of nitrogens with zero attached hydrogens (tertiary/aromatic N) is 2. The highest BCUT2D eigenvalue weighted by molar-refractivity contribution is 9.10. The monoisotopic (exact) mass is 490 g/mol. The van der Waals surface area contributed by atoms with E-state index in [1.54, 1.807) is 29.5 Å². The second kappa shape index (κ2) is 8.58. The molecule has 4 nitrogen and oxygen atoms in total. The molecule has 152 valence electrons. The molecule has 1 saturated heterocycles. The standard InChI is InChI=1S/C22H23BrN2O2S2/c1-2-16-6-8-17(9-7-16)21-15-28-22(24-21)25-12-10-19(11-13-25)29(26,27)20-5-3-4-18(23)14-20/h3-9,14-15,19H,2,10-13H2,1H3. The third-order valence-electron chi connectivity index (χ3n) is 5.43. The Morgan fingerprint density at radius 1 is 1.14 bits per heavy atom. The summed E-state index contributed by atoms with van der Waals surface area (Å²) in [7, 11) is -3.31. The van der Waals surface area contributed by atoms with E-state index in [-0.39, 0.29) is 5.25 Å². The molecule has 7 heteroatoms. The number of aryl methyl sites for hydroxylation is 1. The minimum absolute atomic E-state index is 0.339. The van der Waals surface area contributed by atoms with Crippen molar-refractivity contribution in [3.05, 3.63) is 63.9 Å². The number of halogens is 1. The summed E-state index contributed by atoms with van der Waals surface area (Å²) in [6, 6.07) is 15.5. The Morgan fingerprint density at radius 2 is 1.86 bits per heavy atom. The highest BCUT2D eigenvalue weighted by Crippen LogP contribution is 2.32. The minimum atomic E-state index is -3.31. The molecule has 4 rings (SSSR count). The van der Waals surface area contributed by atoms with Crippen molar-refractivity contribution >= 4 is 42.2 Å². The van der Waals surface area contributed by atoms with Crippen LogP contribution in [-0.4, -0.2) is 31.7 Å². The first-order chi connectivity index (χ1) is 14.0. The fourth-order valence-corrected chi connectivity index (χ4v) is 6.86. The van der Waals surface area contributed by atoms with Crippen LogP contribution in [0.25, 0.3) is 11.3 Å². The minimum Gasteiger partial charge on any atom is -0.348 e. The van der Waals surface area contributed by atoms with Gasteiger partial charge in [0.1, 0.15) is 0 Å². The zero-order chi connectivity index (χ0) is 20.4. The van der Waals surface area contributed by atoms with Crippen LogP contribution in [0, 0.1) is 0 Å². The average Bonchev–Trinajstić information content (AvgIpc) is 3.24. The van der Waals surface area contributed by atoms with Crippen LogP contribution in [0.4, 0.5) is 5.13 Å². The molecule has 0 saturated carbocycles. The number of aromatic nitrogens is 1. The van der Waals surface area contributed by atoms with E-state index in [0.29, 0.717) is 30.8 Å². The molecule has 0 atom stereocenters. The zero-order valence-corrected chi connectivity index (χ0v) is 19.4. The molecule has 0 spiro atoms. The number of benzene rings is 2. The molecule has 0 unspecified atom stereocenters. The van der Waals surface area contributed by atoms with Crippen molar-refractivity contribution < 1.29 is 8.42 Å². The van der Waals surface area contributed by atoms with Crippen LogP contribution in [-0.2, 0) is 16.3 Å². The number of piperidine rings is 1. The van der Waals surface area contributed by atoms with Crippen molar-refractivity contribution in [2.24, 2.45) is 0 Å². The lowest BCUT2D eigenvalue weighted by Gasteiger charge is -2.31. The Morgan fingerprint density at radius 3 is 2.52 bits per heavy atom. The maximum Gasteiger partial charge on any atom is 0.185 e. The first-order valence-electron chi connectivity index (χ1n) is 9.76. The number of rotatable bonds is 5. The molecule has 1 aliphatic rings. The largest absolute Gasteiger partial charge is 0.348 e. The van der Waals surface area contributed by atoms with E-state index in [9.17, 15) is 8.42 Å². The molecule has 1 fully saturated rings. The van der Waals surface area contributed by atoms with Crippen LogP contribution in [0.3, 0.4) is 0 Å². The Hall–Kier alpha value is -1.70. The van der Waals surface area contributed by atoms with Crippen molar-refractivity contribution in [3.63, 3.8) is 0 Å². The van der Waals surface area contributed by atoms with Crippen LogP contribution in [0.15, 0.2) is 63.3 Å². The fourth-order valence-electron chi connectivity index (χ4n) is 3.65. The van der Waals surface area contributed by atoms with E-state index < -0.39 is 9.84 Å². The summed E-state index contributed by atoms with van der Waals surface area (Å²) in [5.74, 6) is 0. The van der Waals surface area contributed by atoms with Gasteiger partial charge in [-0.1, -0.05) is 53.2 Å². The highest BCUT2D eigenvalue weighted by atomic mass is 79.9. The van der Waals surface area contributed by atoms with Crippen LogP contribution in [0.1, 0.15) is 25.3 Å². The molecule has 29 heavy (non-hydrogen) atoms. The van der Waals surface area contributed by atoms with E-state index >= 15 is 0 Å². The lowest BCUT2D eigenvalue weighted by molar-refractivity contribution is 0.529. The van der Waals surface area contributed by atoms with E-state index in [2.05, 4.69) is 57.4 Å². The molecule has 1 aliphatic heterocycles. The molecule has 0 N–H and O–H groups in total. The summed E-state index contributed by atoms with van der Waals surface area (Å²) < 4.78 is 26.7. The normalized spacial score (nSPS) is 15.6. The third-order valence-corrected chi connectivity index (χ3v) is 9.08. The molecule has 2 aromatic carbocycles. The van der Waals surface area contributed by atoms with Gasteiger partial charge < -0.3 is 4.90 Å². The summed E-state index contributed by atoms with van der Waals surface area (Å²) >= 11 is 5.00. The van der Waals surface area contributed by atoms with E-state index in [1.807, 2.05) is 6.07 Å². The van der Waals surface area contributed by atoms with Gasteiger partial charge in [-0.2, -0.15) is 0 Å². The maximum absolute atomic E-state index is 13.0. The van der Waals surface area contributed by atoms with Gasteiger partial charge in [-0.3, -0.25) is 0 Å². The SMILES string of the molecule is CCc1ccc(-c2csc(N3CCC(S(=O)(=O)c4cccc(Br)c4)CC3)n2)cc1. The Labute approximate surface area is 184 Å². The van der Waals surface area contributed by atoms with Gasteiger partial charge >= 0.3 is 0 Å². The van der Waals surface area contributed by atoms with Crippen molar-refractivity contribution in [3.8, 4) is 11.3 Å². The third kappa shape index (κ3) is 4.42. The van der Waals surface area contributed by atoms with Crippen molar-refractivity contribution in [2.45, 2.75) is 36.3 Å². The smallest absolute Gasteiger partial charge is 0.185 e. The van der Waals surface area contributed by atoms with Gasteiger partial charge in [-0.25, -0.2) is 13.4 Å². The van der Waals surface area contributed by atoms with Gasteiger partial charge in [0.15, 0.2) is 15.0 Å². The zero-order valence-electron chi connectivity index (χ0n) is 16.2. The lowest BCUT2D eigenvalue weighted by Crippen LogP contribution is -2.39. The van der Waals surface area contributed by atoms with Crippen LogP contribution < -0.4 is 4.90 Å². The van der Waals surface area contributed by atoms with Gasteiger partial charge in [0.05, 0.1) is 15.8 Å². The van der Waals surface area contributed by atoms with Crippen LogP contribution >= 0.6 is 27.3 Å². The first-order valence-corrected chi connectivity index (χ1v) is 13.0. The van der Waals surface area contributed by atoms with Gasteiger partial charge in [0.25, 0.3) is 0 Å². The molecule has 2 heterocycles. The van der Waals surface area contributed by atoms with Gasteiger partial charge in [0, 0.05) is 28.5 Å². The average molecular weight is 491 g/mol. The Balaban J connectivity index is 1.44. The first kappa shape index (κ1) is 20.6. The molecular weight excluding hydrogens is 468 g/mol. The molecule has 0 aliphatic carbocycles. The molecular formula is C22H23BrN2O2S2. The topological polar surface area (TPSA) is 50.3 Å². The van der Waals surface area contributed by atoms with Gasteiger partial charge in [0.2, 0.25) is 0 Å². The molecule has 0 radical (unpaired) electrons. The summed E-state index contributed by atoms with van der Waals surface area (Å²) in [5, 5.41) is 2.72. The molecule has 3 aromatic rings.